The average molecular weight is 235 g/mol. The van der Waals surface area contributed by atoms with Crippen molar-refractivity contribution in [3.63, 3.8) is 0 Å². The van der Waals surface area contributed by atoms with E-state index in [0.29, 0.717) is 11.6 Å². The van der Waals surface area contributed by atoms with E-state index in [0.717, 1.165) is 18.5 Å². The minimum absolute atomic E-state index is 0.365. The first-order valence-electron chi connectivity index (χ1n) is 6.19. The molecule has 0 heterocycles. The molecule has 0 aliphatic rings. The number of carboxylic acids is 1. The Balaban J connectivity index is 2.41. The van der Waals surface area contributed by atoms with Crippen molar-refractivity contribution in [3.05, 3.63) is 35.4 Å². The molecule has 0 fully saturated rings. The van der Waals surface area contributed by atoms with Crippen molar-refractivity contribution in [2.24, 2.45) is 0 Å². The third-order valence-electron chi connectivity index (χ3n) is 2.80. The van der Waals surface area contributed by atoms with Crippen LogP contribution in [0.5, 0.6) is 0 Å². The number of hydrogen-bond acceptors (Lipinski definition) is 2. The van der Waals surface area contributed by atoms with Crippen LogP contribution in [0.3, 0.4) is 0 Å². The summed E-state index contributed by atoms with van der Waals surface area (Å²) >= 11 is 0. The summed E-state index contributed by atoms with van der Waals surface area (Å²) < 4.78 is 0. The van der Waals surface area contributed by atoms with Gasteiger partial charge in [0.1, 0.15) is 0 Å². The summed E-state index contributed by atoms with van der Waals surface area (Å²) in [6, 6.07) is 7.67. The van der Waals surface area contributed by atoms with E-state index in [2.05, 4.69) is 19.2 Å². The van der Waals surface area contributed by atoms with Crippen LogP contribution in [0, 0.1) is 0 Å². The van der Waals surface area contributed by atoms with E-state index in [9.17, 15) is 4.79 Å². The molecule has 3 heteroatoms. The Morgan fingerprint density at radius 3 is 2.88 bits per heavy atom. The van der Waals surface area contributed by atoms with E-state index in [1.165, 1.54) is 12.8 Å². The number of carboxylic acid groups (broad SMARTS) is 1. The molecule has 1 aromatic rings. The molecule has 0 aliphatic heterocycles. The fourth-order valence-electron chi connectivity index (χ4n) is 1.86. The Bertz CT molecular complexity index is 363. The highest BCUT2D eigenvalue weighted by atomic mass is 16.4. The largest absolute Gasteiger partial charge is 0.478 e. The molecule has 2 N–H and O–H groups in total. The molecule has 0 saturated carbocycles. The predicted octanol–water partition coefficient (Wildman–Crippen LogP) is 2.71. The number of benzene rings is 1. The van der Waals surface area contributed by atoms with Crippen molar-refractivity contribution in [2.45, 2.75) is 39.2 Å². The van der Waals surface area contributed by atoms with Gasteiger partial charge in [-0.05, 0) is 44.0 Å². The van der Waals surface area contributed by atoms with E-state index in [4.69, 9.17) is 5.11 Å². The minimum Gasteiger partial charge on any atom is -0.478 e. The summed E-state index contributed by atoms with van der Waals surface area (Å²) in [6.07, 6.45) is 3.23. The van der Waals surface area contributed by atoms with E-state index >= 15 is 0 Å². The van der Waals surface area contributed by atoms with E-state index < -0.39 is 5.97 Å². The van der Waals surface area contributed by atoms with Crippen LogP contribution >= 0.6 is 0 Å². The Hall–Kier alpha value is -1.35. The van der Waals surface area contributed by atoms with Crippen molar-refractivity contribution < 1.29 is 9.90 Å². The quantitative estimate of drug-likeness (QED) is 0.764. The van der Waals surface area contributed by atoms with E-state index in [1.54, 1.807) is 18.2 Å². The molecule has 0 aliphatic carbocycles. The highest BCUT2D eigenvalue weighted by molar-refractivity contribution is 5.87. The van der Waals surface area contributed by atoms with Gasteiger partial charge in [0.15, 0.2) is 0 Å². The fourth-order valence-corrected chi connectivity index (χ4v) is 1.86. The Labute approximate surface area is 103 Å². The summed E-state index contributed by atoms with van der Waals surface area (Å²) in [6.45, 7) is 5.25. The van der Waals surface area contributed by atoms with Crippen molar-refractivity contribution in [2.75, 3.05) is 6.54 Å². The zero-order valence-corrected chi connectivity index (χ0v) is 10.6. The molecule has 0 aromatic heterocycles. The van der Waals surface area contributed by atoms with Crippen LogP contribution in [-0.4, -0.2) is 23.7 Å². The molecular formula is C14H21NO2. The molecule has 17 heavy (non-hydrogen) atoms. The van der Waals surface area contributed by atoms with Gasteiger partial charge in [0, 0.05) is 6.04 Å². The summed E-state index contributed by atoms with van der Waals surface area (Å²) in [7, 11) is 0. The van der Waals surface area contributed by atoms with Crippen LogP contribution in [0.2, 0.25) is 0 Å². The van der Waals surface area contributed by atoms with Crippen LogP contribution in [0.25, 0.3) is 0 Å². The van der Waals surface area contributed by atoms with Gasteiger partial charge >= 0.3 is 5.97 Å². The second kappa shape index (κ2) is 7.07. The minimum atomic E-state index is -0.862. The second-order valence-corrected chi connectivity index (χ2v) is 4.40. The zero-order valence-electron chi connectivity index (χ0n) is 10.6. The van der Waals surface area contributed by atoms with E-state index in [-0.39, 0.29) is 0 Å². The third kappa shape index (κ3) is 5.00. The lowest BCUT2D eigenvalue weighted by Crippen LogP contribution is -2.27. The molecule has 3 nitrogen and oxygen atoms in total. The first-order valence-corrected chi connectivity index (χ1v) is 6.19. The molecule has 0 spiro atoms. The monoisotopic (exact) mass is 235 g/mol. The number of rotatable bonds is 7. The SMILES string of the molecule is CCCC(C)NCCc1cccc(C(=O)O)c1. The average Bonchev–Trinajstić information content (AvgIpc) is 2.30. The van der Waals surface area contributed by atoms with Crippen molar-refractivity contribution in [3.8, 4) is 0 Å². The summed E-state index contributed by atoms with van der Waals surface area (Å²) in [5.41, 5.74) is 1.44. The van der Waals surface area contributed by atoms with Gasteiger partial charge in [-0.1, -0.05) is 25.5 Å². The maximum atomic E-state index is 10.8. The standard InChI is InChI=1S/C14H21NO2/c1-3-5-11(2)15-9-8-12-6-4-7-13(10-12)14(16)17/h4,6-7,10-11,15H,3,5,8-9H2,1-2H3,(H,16,17). The highest BCUT2D eigenvalue weighted by Gasteiger charge is 2.03. The van der Waals surface area contributed by atoms with Crippen LogP contribution in [0.15, 0.2) is 24.3 Å². The lowest BCUT2D eigenvalue weighted by Gasteiger charge is -2.12. The lowest BCUT2D eigenvalue weighted by molar-refractivity contribution is 0.0696. The van der Waals surface area contributed by atoms with Crippen molar-refractivity contribution in [1.82, 2.24) is 5.32 Å². The van der Waals surface area contributed by atoms with Gasteiger partial charge < -0.3 is 10.4 Å². The van der Waals surface area contributed by atoms with Gasteiger partial charge in [-0.3, -0.25) is 0 Å². The van der Waals surface area contributed by atoms with Gasteiger partial charge in [-0.2, -0.15) is 0 Å². The predicted molar refractivity (Wildman–Crippen MR) is 69.5 cm³/mol. The zero-order chi connectivity index (χ0) is 12.7. The number of hydrogen-bond donors (Lipinski definition) is 2. The molecule has 1 aromatic carbocycles. The first-order chi connectivity index (χ1) is 8.13. The Morgan fingerprint density at radius 2 is 2.24 bits per heavy atom. The van der Waals surface area contributed by atoms with Crippen molar-refractivity contribution in [1.29, 1.82) is 0 Å². The second-order valence-electron chi connectivity index (χ2n) is 4.40. The molecule has 0 radical (unpaired) electrons. The lowest BCUT2D eigenvalue weighted by atomic mass is 10.1. The van der Waals surface area contributed by atoms with Gasteiger partial charge in [-0.25, -0.2) is 4.79 Å². The molecule has 0 amide bonds. The summed E-state index contributed by atoms with van der Waals surface area (Å²) in [5, 5.41) is 12.3. The number of carbonyl (C=O) groups is 1. The molecule has 1 atom stereocenters. The Morgan fingerprint density at radius 1 is 1.47 bits per heavy atom. The molecule has 0 saturated heterocycles. The van der Waals surface area contributed by atoms with Crippen LogP contribution in [0.1, 0.15) is 42.6 Å². The van der Waals surface area contributed by atoms with Crippen LogP contribution < -0.4 is 5.32 Å². The smallest absolute Gasteiger partial charge is 0.335 e. The van der Waals surface area contributed by atoms with Gasteiger partial charge in [0.25, 0.3) is 0 Å². The molecule has 94 valence electrons. The van der Waals surface area contributed by atoms with Crippen LogP contribution in [-0.2, 0) is 6.42 Å². The maximum absolute atomic E-state index is 10.8. The van der Waals surface area contributed by atoms with Gasteiger partial charge in [0.2, 0.25) is 0 Å². The fraction of sp³-hybridized carbons (Fsp3) is 0.500. The maximum Gasteiger partial charge on any atom is 0.335 e. The first kappa shape index (κ1) is 13.7. The normalized spacial score (nSPS) is 12.4. The van der Waals surface area contributed by atoms with Crippen LogP contribution in [0.4, 0.5) is 0 Å². The highest BCUT2D eigenvalue weighted by Crippen LogP contribution is 2.06. The summed E-state index contributed by atoms with van der Waals surface area (Å²) in [5.74, 6) is -0.862. The third-order valence-corrected chi connectivity index (χ3v) is 2.80. The van der Waals surface area contributed by atoms with E-state index in [1.807, 2.05) is 6.07 Å². The molecular weight excluding hydrogens is 214 g/mol. The molecule has 1 unspecified atom stereocenters. The van der Waals surface area contributed by atoms with Gasteiger partial charge in [0.05, 0.1) is 5.56 Å². The molecule has 1 rings (SSSR count). The topological polar surface area (TPSA) is 49.3 Å². The number of aromatic carboxylic acids is 1. The number of nitrogens with one attached hydrogen (secondary N) is 1. The van der Waals surface area contributed by atoms with Crippen molar-refractivity contribution >= 4 is 5.97 Å². The summed E-state index contributed by atoms with van der Waals surface area (Å²) in [4.78, 5) is 10.8. The Kier molecular flexibility index (Phi) is 5.70. The van der Waals surface area contributed by atoms with Gasteiger partial charge in [-0.15, -0.1) is 0 Å². The molecule has 0 bridgehead atoms.